The molecule has 7 nitrogen and oxygen atoms in total. The quantitative estimate of drug-likeness (QED) is 0.769. The second kappa shape index (κ2) is 6.49. The highest BCUT2D eigenvalue weighted by Crippen LogP contribution is 2.22. The van der Waals surface area contributed by atoms with Crippen molar-refractivity contribution in [2.45, 2.75) is 13.0 Å². The molecule has 0 saturated heterocycles. The first-order valence-corrected chi connectivity index (χ1v) is 7.44. The van der Waals surface area contributed by atoms with Crippen molar-refractivity contribution in [3.63, 3.8) is 0 Å². The van der Waals surface area contributed by atoms with Crippen molar-refractivity contribution in [3.05, 3.63) is 60.3 Å². The lowest BCUT2D eigenvalue weighted by Gasteiger charge is -2.23. The Morgan fingerprint density at radius 2 is 2.00 bits per heavy atom. The maximum Gasteiger partial charge on any atom is 0.272 e. The van der Waals surface area contributed by atoms with Gasteiger partial charge in [-0.05, 0) is 43.3 Å². The molecule has 0 bridgehead atoms. The van der Waals surface area contributed by atoms with Crippen LogP contribution in [0, 0.1) is 0 Å². The number of H-pyrrole nitrogens is 1. The van der Waals surface area contributed by atoms with Gasteiger partial charge in [-0.1, -0.05) is 0 Å². The van der Waals surface area contributed by atoms with E-state index in [0.717, 1.165) is 11.3 Å². The first kappa shape index (κ1) is 15.7. The lowest BCUT2D eigenvalue weighted by atomic mass is 10.1. The van der Waals surface area contributed by atoms with E-state index in [1.165, 1.54) is 6.33 Å². The molecule has 122 valence electrons. The summed E-state index contributed by atoms with van der Waals surface area (Å²) in [7, 11) is 1.72. The Bertz CT molecular complexity index is 830. The van der Waals surface area contributed by atoms with E-state index in [9.17, 15) is 9.90 Å². The molecule has 3 aromatic rings. The Balaban J connectivity index is 1.79. The molecular weight excluding hydrogens is 306 g/mol. The number of aromatic nitrogens is 4. The van der Waals surface area contributed by atoms with E-state index in [4.69, 9.17) is 0 Å². The first-order valence-electron chi connectivity index (χ1n) is 7.44. The summed E-state index contributed by atoms with van der Waals surface area (Å²) in [5, 5.41) is 16.3. The van der Waals surface area contributed by atoms with Crippen molar-refractivity contribution in [1.29, 1.82) is 0 Å². The van der Waals surface area contributed by atoms with Gasteiger partial charge in [-0.25, -0.2) is 9.97 Å². The van der Waals surface area contributed by atoms with Gasteiger partial charge in [-0.2, -0.15) is 5.10 Å². The number of carbonyl (C=O) groups excluding carboxylic acids is 1. The van der Waals surface area contributed by atoms with E-state index in [1.807, 2.05) is 6.92 Å². The number of hydrogen-bond donors (Lipinski definition) is 2. The summed E-state index contributed by atoms with van der Waals surface area (Å²) in [4.78, 5) is 22.3. The molecule has 1 atom stereocenters. The Hall–Kier alpha value is -3.22. The third-order valence-electron chi connectivity index (χ3n) is 3.91. The van der Waals surface area contributed by atoms with E-state index < -0.39 is 0 Å². The van der Waals surface area contributed by atoms with Crippen LogP contribution in [0.4, 0.5) is 0 Å². The molecule has 2 N–H and O–H groups in total. The van der Waals surface area contributed by atoms with Crippen LogP contribution >= 0.6 is 0 Å². The van der Waals surface area contributed by atoms with Crippen molar-refractivity contribution in [2.75, 3.05) is 7.05 Å². The SMILES string of the molecule is CC(c1ccncn1)N(C)C(=O)c1cc(-c2ccc(O)cc2)n[nH]1. The average molecular weight is 323 g/mol. The standard InChI is InChI=1S/C17H17N5O2/c1-11(14-7-8-18-10-19-14)22(2)17(24)16-9-15(20-21-16)12-3-5-13(23)6-4-12/h3-11,23H,1-2H3,(H,20,21). The van der Waals surface area contributed by atoms with E-state index in [1.54, 1.807) is 54.5 Å². The lowest BCUT2D eigenvalue weighted by molar-refractivity contribution is 0.0733. The molecule has 3 rings (SSSR count). The zero-order valence-electron chi connectivity index (χ0n) is 13.3. The van der Waals surface area contributed by atoms with Crippen LogP contribution in [-0.4, -0.2) is 43.1 Å². The summed E-state index contributed by atoms with van der Waals surface area (Å²) < 4.78 is 0. The van der Waals surface area contributed by atoms with Crippen molar-refractivity contribution in [2.24, 2.45) is 0 Å². The van der Waals surface area contributed by atoms with E-state index in [-0.39, 0.29) is 17.7 Å². The molecule has 0 spiro atoms. The number of amides is 1. The van der Waals surface area contributed by atoms with Crippen LogP contribution in [0.5, 0.6) is 5.75 Å². The third-order valence-corrected chi connectivity index (χ3v) is 3.91. The molecule has 2 aromatic heterocycles. The highest BCUT2D eigenvalue weighted by Gasteiger charge is 2.21. The maximum absolute atomic E-state index is 12.6. The van der Waals surface area contributed by atoms with Gasteiger partial charge in [0.05, 0.1) is 17.4 Å². The van der Waals surface area contributed by atoms with Crippen LogP contribution in [0.2, 0.25) is 0 Å². The van der Waals surface area contributed by atoms with Crippen molar-refractivity contribution < 1.29 is 9.90 Å². The van der Waals surface area contributed by atoms with Gasteiger partial charge >= 0.3 is 0 Å². The van der Waals surface area contributed by atoms with Crippen LogP contribution < -0.4 is 0 Å². The number of nitrogens with zero attached hydrogens (tertiary/aromatic N) is 4. The van der Waals surface area contributed by atoms with E-state index in [0.29, 0.717) is 11.4 Å². The molecule has 0 aliphatic carbocycles. The maximum atomic E-state index is 12.6. The highest BCUT2D eigenvalue weighted by molar-refractivity contribution is 5.93. The third kappa shape index (κ3) is 3.10. The minimum absolute atomic E-state index is 0.182. The van der Waals surface area contributed by atoms with Crippen LogP contribution in [0.15, 0.2) is 48.9 Å². The van der Waals surface area contributed by atoms with Gasteiger partial charge in [0.15, 0.2) is 0 Å². The number of aromatic amines is 1. The summed E-state index contributed by atoms with van der Waals surface area (Å²) in [6.07, 6.45) is 3.11. The normalized spacial score (nSPS) is 11.9. The monoisotopic (exact) mass is 323 g/mol. The van der Waals surface area contributed by atoms with Crippen LogP contribution in [0.1, 0.15) is 29.1 Å². The Labute approximate surface area is 139 Å². The second-order valence-electron chi connectivity index (χ2n) is 5.44. The largest absolute Gasteiger partial charge is 0.508 e. The van der Waals surface area contributed by atoms with Gasteiger partial charge in [0.25, 0.3) is 5.91 Å². The van der Waals surface area contributed by atoms with Crippen LogP contribution in [0.25, 0.3) is 11.3 Å². The molecule has 0 aliphatic heterocycles. The summed E-state index contributed by atoms with van der Waals surface area (Å²) in [6, 6.07) is 9.92. The molecule has 0 aliphatic rings. The number of benzene rings is 1. The fourth-order valence-electron chi connectivity index (χ4n) is 2.32. The van der Waals surface area contributed by atoms with Gasteiger partial charge < -0.3 is 10.0 Å². The molecule has 0 radical (unpaired) electrons. The molecule has 0 fully saturated rings. The number of phenolic OH excluding ortho intramolecular Hbond substituents is 1. The molecule has 1 aromatic carbocycles. The average Bonchev–Trinajstić information content (AvgIpc) is 3.11. The molecule has 2 heterocycles. The van der Waals surface area contributed by atoms with Crippen LogP contribution in [-0.2, 0) is 0 Å². The molecule has 24 heavy (non-hydrogen) atoms. The van der Waals surface area contributed by atoms with Gasteiger partial charge in [0.2, 0.25) is 0 Å². The van der Waals surface area contributed by atoms with Crippen molar-refractivity contribution >= 4 is 5.91 Å². The van der Waals surface area contributed by atoms with Gasteiger partial charge in [0, 0.05) is 18.8 Å². The topological polar surface area (TPSA) is 95.0 Å². The zero-order valence-corrected chi connectivity index (χ0v) is 13.3. The minimum atomic E-state index is -0.194. The molecule has 0 saturated carbocycles. The molecule has 1 amide bonds. The number of phenols is 1. The number of aromatic hydroxyl groups is 1. The predicted octanol–water partition coefficient (Wildman–Crippen LogP) is 2.41. The van der Waals surface area contributed by atoms with Gasteiger partial charge in [-0.15, -0.1) is 0 Å². The summed E-state index contributed by atoms with van der Waals surface area (Å²) >= 11 is 0. The first-order chi connectivity index (χ1) is 11.6. The molecule has 7 heteroatoms. The summed E-state index contributed by atoms with van der Waals surface area (Å²) in [5.41, 5.74) is 2.61. The number of carbonyl (C=O) groups is 1. The van der Waals surface area contributed by atoms with Crippen LogP contribution in [0.3, 0.4) is 0 Å². The number of nitrogens with one attached hydrogen (secondary N) is 1. The van der Waals surface area contributed by atoms with E-state index >= 15 is 0 Å². The Kier molecular flexibility index (Phi) is 4.24. The van der Waals surface area contributed by atoms with Crippen molar-refractivity contribution in [3.8, 4) is 17.0 Å². The Morgan fingerprint density at radius 1 is 1.25 bits per heavy atom. The summed E-state index contributed by atoms with van der Waals surface area (Å²) in [5.74, 6) is 0.00244. The molecule has 1 unspecified atom stereocenters. The van der Waals surface area contributed by atoms with Gasteiger partial charge in [0.1, 0.15) is 17.8 Å². The number of hydrogen-bond acceptors (Lipinski definition) is 5. The highest BCUT2D eigenvalue weighted by atomic mass is 16.3. The fourth-order valence-corrected chi connectivity index (χ4v) is 2.32. The van der Waals surface area contributed by atoms with E-state index in [2.05, 4.69) is 20.2 Å². The Morgan fingerprint density at radius 3 is 2.67 bits per heavy atom. The molecular formula is C17H17N5O2. The lowest BCUT2D eigenvalue weighted by Crippen LogP contribution is -2.30. The minimum Gasteiger partial charge on any atom is -0.508 e. The summed E-state index contributed by atoms with van der Waals surface area (Å²) in [6.45, 7) is 1.90. The zero-order chi connectivity index (χ0) is 17.1. The fraction of sp³-hybridized carbons (Fsp3) is 0.176. The second-order valence-corrected chi connectivity index (χ2v) is 5.44. The predicted molar refractivity (Wildman–Crippen MR) is 88.2 cm³/mol. The smallest absolute Gasteiger partial charge is 0.272 e. The van der Waals surface area contributed by atoms with Crippen molar-refractivity contribution in [1.82, 2.24) is 25.1 Å². The number of rotatable bonds is 4. The van der Waals surface area contributed by atoms with Gasteiger partial charge in [-0.3, -0.25) is 9.89 Å².